The van der Waals surface area contributed by atoms with Crippen LogP contribution in [0.15, 0.2) is 11.4 Å². The van der Waals surface area contributed by atoms with Crippen LogP contribution in [0.2, 0.25) is 0 Å². The highest BCUT2D eigenvalue weighted by molar-refractivity contribution is 7.98. The smallest absolute Gasteiger partial charge is 0.355 e. The number of carboxylic acid groups (broad SMARTS) is 2. The molecule has 0 unspecified atom stereocenters. The second-order valence-corrected chi connectivity index (χ2v) is 3.57. The van der Waals surface area contributed by atoms with Gasteiger partial charge in [0.15, 0.2) is 10.9 Å². The maximum absolute atomic E-state index is 10.9. The number of carboxylic acids is 2. The van der Waals surface area contributed by atoms with Crippen molar-refractivity contribution in [3.63, 3.8) is 0 Å². The largest absolute Gasteiger partial charge is 0.481 e. The predicted molar refractivity (Wildman–Crippen MR) is 59.9 cm³/mol. The normalized spacial score (nSPS) is 9.24. The molecule has 88 valence electrons. The van der Waals surface area contributed by atoms with E-state index in [0.29, 0.717) is 5.16 Å². The number of aliphatic carboxylic acids is 1. The summed E-state index contributed by atoms with van der Waals surface area (Å²) in [7, 11) is 0. The summed E-state index contributed by atoms with van der Waals surface area (Å²) < 4.78 is 0. The zero-order valence-corrected chi connectivity index (χ0v) is 9.61. The molecule has 0 aliphatic heterocycles. The van der Waals surface area contributed by atoms with Crippen molar-refractivity contribution in [2.45, 2.75) is 11.6 Å². The number of aromatic carboxylic acids is 1. The highest BCUT2D eigenvalue weighted by Crippen LogP contribution is 2.11. The third-order valence-corrected chi connectivity index (χ3v) is 2.18. The van der Waals surface area contributed by atoms with Gasteiger partial charge in [0.2, 0.25) is 0 Å². The van der Waals surface area contributed by atoms with Crippen LogP contribution in [0.1, 0.15) is 22.5 Å². The Balaban J connectivity index is 3.09. The van der Waals surface area contributed by atoms with Crippen LogP contribution in [0.5, 0.6) is 0 Å². The van der Waals surface area contributed by atoms with Crippen molar-refractivity contribution in [3.05, 3.63) is 17.5 Å². The molecule has 0 saturated carbocycles. The van der Waals surface area contributed by atoms with E-state index in [-0.39, 0.29) is 17.7 Å². The summed E-state index contributed by atoms with van der Waals surface area (Å²) in [6.45, 7) is 0. The second-order valence-electron chi connectivity index (χ2n) is 2.80. The molecule has 0 aromatic carbocycles. The quantitative estimate of drug-likeness (QED) is 0.464. The topological polar surface area (TPSA) is 100 Å². The Hall–Kier alpha value is -2.07. The van der Waals surface area contributed by atoms with Crippen LogP contribution in [0.3, 0.4) is 0 Å². The summed E-state index contributed by atoms with van der Waals surface area (Å²) in [4.78, 5) is 28.8. The summed E-state index contributed by atoms with van der Waals surface area (Å²) in [5.74, 6) is 2.47. The van der Waals surface area contributed by atoms with E-state index in [4.69, 9.17) is 10.2 Å². The molecule has 1 aromatic rings. The minimum Gasteiger partial charge on any atom is -0.481 e. The molecule has 1 aromatic heterocycles. The average molecular weight is 252 g/mol. The van der Waals surface area contributed by atoms with Gasteiger partial charge in [-0.15, -0.1) is 0 Å². The first kappa shape index (κ1) is 13.0. The van der Waals surface area contributed by atoms with Crippen LogP contribution in [-0.4, -0.2) is 38.4 Å². The average Bonchev–Trinajstić information content (AvgIpc) is 2.28. The molecule has 6 nitrogen and oxygen atoms in total. The molecule has 7 heteroatoms. The molecule has 17 heavy (non-hydrogen) atoms. The van der Waals surface area contributed by atoms with Crippen LogP contribution in [0.25, 0.3) is 0 Å². The molecule has 0 fully saturated rings. The number of hydrogen-bond donors (Lipinski definition) is 2. The van der Waals surface area contributed by atoms with Crippen molar-refractivity contribution < 1.29 is 19.8 Å². The number of aromatic nitrogens is 2. The molecule has 0 aliphatic rings. The molecule has 0 atom stereocenters. The van der Waals surface area contributed by atoms with Crippen molar-refractivity contribution in [1.29, 1.82) is 0 Å². The summed E-state index contributed by atoms with van der Waals surface area (Å²) in [5.41, 5.74) is -0.112. The molecule has 2 N–H and O–H groups in total. The van der Waals surface area contributed by atoms with E-state index in [1.165, 1.54) is 18.0 Å². The van der Waals surface area contributed by atoms with Crippen molar-refractivity contribution in [2.24, 2.45) is 0 Å². The lowest BCUT2D eigenvalue weighted by Crippen LogP contribution is -2.06. The third-order valence-electron chi connectivity index (χ3n) is 1.61. The zero-order chi connectivity index (χ0) is 12.8. The monoisotopic (exact) mass is 252 g/mol. The highest BCUT2D eigenvalue weighted by Gasteiger charge is 2.12. The molecule has 0 radical (unpaired) electrons. The molecule has 0 bridgehead atoms. The number of hydrogen-bond acceptors (Lipinski definition) is 5. The first-order valence-electron chi connectivity index (χ1n) is 4.39. The van der Waals surface area contributed by atoms with E-state index >= 15 is 0 Å². The van der Waals surface area contributed by atoms with Gasteiger partial charge in [0.25, 0.3) is 0 Å². The van der Waals surface area contributed by atoms with Gasteiger partial charge in [0.05, 0.1) is 5.56 Å². The summed E-state index contributed by atoms with van der Waals surface area (Å²) in [6, 6.07) is 0. The van der Waals surface area contributed by atoms with Gasteiger partial charge in [0.1, 0.15) is 6.42 Å². The van der Waals surface area contributed by atoms with Crippen LogP contribution >= 0.6 is 11.8 Å². The first-order chi connectivity index (χ1) is 8.04. The minimum atomic E-state index is -1.22. The fourth-order valence-electron chi connectivity index (χ4n) is 0.934. The van der Waals surface area contributed by atoms with Crippen LogP contribution < -0.4 is 0 Å². The molecule has 1 rings (SSSR count). The lowest BCUT2D eigenvalue weighted by molar-refractivity contribution is -0.135. The summed E-state index contributed by atoms with van der Waals surface area (Å²) in [6.07, 6.45) is 2.64. The van der Waals surface area contributed by atoms with E-state index in [1.54, 1.807) is 6.26 Å². The maximum Gasteiger partial charge on any atom is 0.355 e. The van der Waals surface area contributed by atoms with Gasteiger partial charge < -0.3 is 10.2 Å². The summed E-state index contributed by atoms with van der Waals surface area (Å²) in [5, 5.41) is 17.6. The molecule has 0 amide bonds. The Morgan fingerprint density at radius 1 is 1.47 bits per heavy atom. The number of carbonyl (C=O) groups is 2. The fraction of sp³-hybridized carbons (Fsp3) is 0.200. The van der Waals surface area contributed by atoms with Crippen molar-refractivity contribution in [3.8, 4) is 11.8 Å². The number of thioether (sulfide) groups is 1. The standard InChI is InChI=1S/C10H8N2O4S/c1-17-10-11-5-6(3-2-4-7(13)14)8(12-10)9(15)16/h5H,4H2,1H3,(H,13,14)(H,15,16). The third kappa shape index (κ3) is 3.77. The predicted octanol–water partition coefficient (Wildman–Crippen LogP) is 0.723. The Kier molecular flexibility index (Phi) is 4.48. The van der Waals surface area contributed by atoms with Crippen LogP contribution in [0.4, 0.5) is 0 Å². The summed E-state index contributed by atoms with van der Waals surface area (Å²) >= 11 is 1.21. The minimum absolute atomic E-state index is 0.108. The van der Waals surface area contributed by atoms with Crippen molar-refractivity contribution in [1.82, 2.24) is 9.97 Å². The van der Waals surface area contributed by atoms with Gasteiger partial charge in [-0.2, -0.15) is 0 Å². The molecular formula is C10H8N2O4S. The molecule has 0 spiro atoms. The number of nitrogens with zero attached hydrogens (tertiary/aromatic N) is 2. The fourth-order valence-corrected chi connectivity index (χ4v) is 1.27. The second kappa shape index (κ2) is 5.86. The Morgan fingerprint density at radius 3 is 2.71 bits per heavy atom. The maximum atomic E-state index is 10.9. The van der Waals surface area contributed by atoms with E-state index in [0.717, 1.165) is 0 Å². The van der Waals surface area contributed by atoms with Crippen LogP contribution in [0, 0.1) is 11.8 Å². The van der Waals surface area contributed by atoms with Crippen LogP contribution in [-0.2, 0) is 4.79 Å². The van der Waals surface area contributed by atoms with Gasteiger partial charge in [0, 0.05) is 6.20 Å². The lowest BCUT2D eigenvalue weighted by atomic mass is 10.2. The highest BCUT2D eigenvalue weighted by atomic mass is 32.2. The van der Waals surface area contributed by atoms with E-state index < -0.39 is 11.9 Å². The van der Waals surface area contributed by atoms with Gasteiger partial charge in [-0.3, -0.25) is 4.79 Å². The van der Waals surface area contributed by atoms with Gasteiger partial charge >= 0.3 is 11.9 Å². The van der Waals surface area contributed by atoms with Crippen molar-refractivity contribution in [2.75, 3.05) is 6.26 Å². The Labute approximate surface area is 101 Å². The number of rotatable bonds is 3. The van der Waals surface area contributed by atoms with E-state index in [9.17, 15) is 9.59 Å². The van der Waals surface area contributed by atoms with E-state index in [1.807, 2.05) is 0 Å². The first-order valence-corrected chi connectivity index (χ1v) is 5.62. The SMILES string of the molecule is CSc1ncc(C#CCC(=O)O)c(C(=O)O)n1. The molecular weight excluding hydrogens is 244 g/mol. The van der Waals surface area contributed by atoms with Gasteiger partial charge in [-0.25, -0.2) is 14.8 Å². The van der Waals surface area contributed by atoms with Gasteiger partial charge in [-0.1, -0.05) is 23.6 Å². The Bertz CT molecular complexity index is 519. The molecule has 0 aliphatic carbocycles. The van der Waals surface area contributed by atoms with Crippen molar-refractivity contribution >= 4 is 23.7 Å². The van der Waals surface area contributed by atoms with Gasteiger partial charge in [-0.05, 0) is 6.26 Å². The Morgan fingerprint density at radius 2 is 2.18 bits per heavy atom. The lowest BCUT2D eigenvalue weighted by Gasteiger charge is -1.99. The molecule has 0 saturated heterocycles. The zero-order valence-electron chi connectivity index (χ0n) is 8.80. The van der Waals surface area contributed by atoms with E-state index in [2.05, 4.69) is 21.8 Å². The molecule has 1 heterocycles.